The highest BCUT2D eigenvalue weighted by atomic mass is 16.4. The minimum absolute atomic E-state index is 0.354. The Kier molecular flexibility index (Phi) is 4.53. The van der Waals surface area contributed by atoms with Gasteiger partial charge in [0.2, 0.25) is 0 Å². The standard InChI is InChI=1S/C15H19NO2/c17-15(18)14-7-3-6-13(10-14)11-16-9-8-12-4-1-2-5-12/h3-4,6-7,10,16H,1-2,5,8-9,11H2,(H,17,18). The Morgan fingerprint density at radius 3 is 3.00 bits per heavy atom. The van der Waals surface area contributed by atoms with Crippen molar-refractivity contribution in [3.63, 3.8) is 0 Å². The van der Waals surface area contributed by atoms with Gasteiger partial charge < -0.3 is 10.4 Å². The first-order valence-electron chi connectivity index (χ1n) is 6.46. The first kappa shape index (κ1) is 12.8. The number of allylic oxidation sites excluding steroid dienone is 1. The highest BCUT2D eigenvalue weighted by Gasteiger charge is 2.04. The van der Waals surface area contributed by atoms with Gasteiger partial charge in [0.05, 0.1) is 5.56 Å². The zero-order chi connectivity index (χ0) is 12.8. The van der Waals surface area contributed by atoms with Crippen molar-refractivity contribution >= 4 is 5.97 Å². The predicted molar refractivity (Wildman–Crippen MR) is 71.7 cm³/mol. The summed E-state index contributed by atoms with van der Waals surface area (Å²) in [6.07, 6.45) is 7.23. The molecule has 0 aliphatic heterocycles. The largest absolute Gasteiger partial charge is 0.478 e. The van der Waals surface area contributed by atoms with Crippen LogP contribution in [0.4, 0.5) is 0 Å². The van der Waals surface area contributed by atoms with Gasteiger partial charge in [-0.05, 0) is 49.9 Å². The van der Waals surface area contributed by atoms with Gasteiger partial charge in [0.1, 0.15) is 0 Å². The van der Waals surface area contributed by atoms with Crippen LogP contribution in [0.3, 0.4) is 0 Å². The third-order valence-corrected chi connectivity index (χ3v) is 3.26. The lowest BCUT2D eigenvalue weighted by Gasteiger charge is -2.06. The molecule has 18 heavy (non-hydrogen) atoms. The monoisotopic (exact) mass is 245 g/mol. The smallest absolute Gasteiger partial charge is 0.335 e. The predicted octanol–water partition coefficient (Wildman–Crippen LogP) is 2.97. The molecule has 1 aliphatic rings. The first-order valence-corrected chi connectivity index (χ1v) is 6.46. The van der Waals surface area contributed by atoms with Crippen LogP contribution >= 0.6 is 0 Å². The Labute approximate surface area is 108 Å². The second-order valence-corrected chi connectivity index (χ2v) is 4.69. The number of carboxylic acid groups (broad SMARTS) is 1. The maximum Gasteiger partial charge on any atom is 0.335 e. The molecule has 0 atom stereocenters. The number of rotatable bonds is 6. The van der Waals surface area contributed by atoms with E-state index >= 15 is 0 Å². The van der Waals surface area contributed by atoms with E-state index in [1.807, 2.05) is 6.07 Å². The average molecular weight is 245 g/mol. The lowest BCUT2D eigenvalue weighted by atomic mass is 10.1. The molecule has 0 unspecified atom stereocenters. The molecule has 0 radical (unpaired) electrons. The van der Waals surface area contributed by atoms with Gasteiger partial charge in [0.15, 0.2) is 0 Å². The number of carbonyl (C=O) groups is 1. The molecule has 0 bridgehead atoms. The molecule has 0 spiro atoms. The second kappa shape index (κ2) is 6.36. The van der Waals surface area contributed by atoms with Crippen LogP contribution in [0.1, 0.15) is 41.6 Å². The van der Waals surface area contributed by atoms with E-state index in [0.29, 0.717) is 5.56 Å². The van der Waals surface area contributed by atoms with Crippen LogP contribution in [-0.4, -0.2) is 17.6 Å². The molecule has 0 saturated carbocycles. The molecule has 0 heterocycles. The molecule has 0 fully saturated rings. The Balaban J connectivity index is 1.75. The van der Waals surface area contributed by atoms with E-state index in [2.05, 4.69) is 11.4 Å². The van der Waals surface area contributed by atoms with Gasteiger partial charge in [-0.1, -0.05) is 23.8 Å². The van der Waals surface area contributed by atoms with Gasteiger partial charge in [0.25, 0.3) is 0 Å². The van der Waals surface area contributed by atoms with Gasteiger partial charge in [-0.25, -0.2) is 4.79 Å². The summed E-state index contributed by atoms with van der Waals surface area (Å²) in [6.45, 7) is 1.69. The normalized spacial score (nSPS) is 14.6. The van der Waals surface area contributed by atoms with E-state index in [1.54, 1.807) is 23.8 Å². The third kappa shape index (κ3) is 3.70. The summed E-state index contributed by atoms with van der Waals surface area (Å²) < 4.78 is 0. The van der Waals surface area contributed by atoms with Crippen molar-refractivity contribution in [3.8, 4) is 0 Å². The molecule has 2 rings (SSSR count). The van der Waals surface area contributed by atoms with Crippen LogP contribution in [-0.2, 0) is 6.54 Å². The van der Waals surface area contributed by atoms with Crippen LogP contribution in [0.5, 0.6) is 0 Å². The van der Waals surface area contributed by atoms with Crippen molar-refractivity contribution in [3.05, 3.63) is 47.0 Å². The van der Waals surface area contributed by atoms with E-state index < -0.39 is 5.97 Å². The van der Waals surface area contributed by atoms with Crippen molar-refractivity contribution in [1.29, 1.82) is 0 Å². The molecule has 1 aliphatic carbocycles. The van der Waals surface area contributed by atoms with Crippen molar-refractivity contribution in [2.75, 3.05) is 6.54 Å². The van der Waals surface area contributed by atoms with Crippen molar-refractivity contribution < 1.29 is 9.90 Å². The number of aromatic carboxylic acids is 1. The highest BCUT2D eigenvalue weighted by molar-refractivity contribution is 5.87. The van der Waals surface area contributed by atoms with E-state index in [1.165, 1.54) is 19.3 Å². The van der Waals surface area contributed by atoms with Crippen molar-refractivity contribution in [2.24, 2.45) is 0 Å². The van der Waals surface area contributed by atoms with Crippen LogP contribution in [0, 0.1) is 0 Å². The maximum absolute atomic E-state index is 10.8. The molecule has 96 valence electrons. The lowest BCUT2D eigenvalue weighted by molar-refractivity contribution is 0.0696. The quantitative estimate of drug-likeness (QED) is 0.598. The number of nitrogens with one attached hydrogen (secondary N) is 1. The van der Waals surface area contributed by atoms with Gasteiger partial charge in [0, 0.05) is 6.54 Å². The zero-order valence-corrected chi connectivity index (χ0v) is 10.5. The molecule has 1 aromatic rings. The van der Waals surface area contributed by atoms with Gasteiger partial charge in [-0.3, -0.25) is 0 Å². The summed E-state index contributed by atoms with van der Waals surface area (Å²) in [7, 11) is 0. The van der Waals surface area contributed by atoms with Crippen LogP contribution < -0.4 is 5.32 Å². The number of benzene rings is 1. The summed E-state index contributed by atoms with van der Waals surface area (Å²) >= 11 is 0. The lowest BCUT2D eigenvalue weighted by Crippen LogP contribution is -2.15. The number of hydrogen-bond acceptors (Lipinski definition) is 2. The second-order valence-electron chi connectivity index (χ2n) is 4.69. The fraction of sp³-hybridized carbons (Fsp3) is 0.400. The molecular formula is C15H19NO2. The Hall–Kier alpha value is -1.61. The fourth-order valence-electron chi connectivity index (χ4n) is 2.26. The molecular weight excluding hydrogens is 226 g/mol. The summed E-state index contributed by atoms with van der Waals surface area (Å²) in [6, 6.07) is 7.09. The molecule has 3 heteroatoms. The summed E-state index contributed by atoms with van der Waals surface area (Å²) in [4.78, 5) is 10.8. The SMILES string of the molecule is O=C(O)c1cccc(CNCCC2=CCCC2)c1. The van der Waals surface area contributed by atoms with Gasteiger partial charge in [-0.15, -0.1) is 0 Å². The average Bonchev–Trinajstić information content (AvgIpc) is 2.88. The summed E-state index contributed by atoms with van der Waals surface area (Å²) in [5, 5.41) is 12.3. The van der Waals surface area contributed by atoms with E-state index in [0.717, 1.165) is 25.1 Å². The number of carboxylic acids is 1. The summed E-state index contributed by atoms with van der Waals surface area (Å²) in [5.74, 6) is -0.868. The van der Waals surface area contributed by atoms with Crippen molar-refractivity contribution in [2.45, 2.75) is 32.2 Å². The minimum Gasteiger partial charge on any atom is -0.478 e. The Morgan fingerprint density at radius 1 is 1.39 bits per heavy atom. The van der Waals surface area contributed by atoms with Gasteiger partial charge >= 0.3 is 5.97 Å². The Bertz CT molecular complexity index is 452. The third-order valence-electron chi connectivity index (χ3n) is 3.26. The van der Waals surface area contributed by atoms with Crippen molar-refractivity contribution in [1.82, 2.24) is 5.32 Å². The van der Waals surface area contributed by atoms with Crippen LogP contribution in [0.2, 0.25) is 0 Å². The van der Waals surface area contributed by atoms with Crippen LogP contribution in [0.25, 0.3) is 0 Å². The Morgan fingerprint density at radius 2 is 2.28 bits per heavy atom. The molecule has 0 aromatic heterocycles. The fourth-order valence-corrected chi connectivity index (χ4v) is 2.26. The van der Waals surface area contributed by atoms with E-state index in [9.17, 15) is 4.79 Å². The molecule has 0 saturated heterocycles. The van der Waals surface area contributed by atoms with E-state index in [4.69, 9.17) is 5.11 Å². The highest BCUT2D eigenvalue weighted by Crippen LogP contribution is 2.19. The molecule has 0 amide bonds. The first-order chi connectivity index (χ1) is 8.75. The molecule has 1 aromatic carbocycles. The molecule has 3 nitrogen and oxygen atoms in total. The van der Waals surface area contributed by atoms with E-state index in [-0.39, 0.29) is 0 Å². The summed E-state index contributed by atoms with van der Waals surface area (Å²) in [5.41, 5.74) is 2.94. The maximum atomic E-state index is 10.8. The molecule has 2 N–H and O–H groups in total. The van der Waals surface area contributed by atoms with Crippen LogP contribution in [0.15, 0.2) is 35.9 Å². The number of hydrogen-bond donors (Lipinski definition) is 2. The zero-order valence-electron chi connectivity index (χ0n) is 10.5. The topological polar surface area (TPSA) is 49.3 Å². The minimum atomic E-state index is -0.868. The van der Waals surface area contributed by atoms with Gasteiger partial charge in [-0.2, -0.15) is 0 Å².